The Hall–Kier alpha value is -0.750. The highest BCUT2D eigenvalue weighted by atomic mass is 32.2. The maximum absolute atomic E-state index is 11.3. The number of amides is 1. The molecule has 0 radical (unpaired) electrons. The molecule has 18 heavy (non-hydrogen) atoms. The first kappa shape index (κ1) is 13.7. The molecule has 1 spiro atoms. The van der Waals surface area contributed by atoms with E-state index in [9.17, 15) is 14.7 Å². The lowest BCUT2D eigenvalue weighted by molar-refractivity contribution is -0.147. The standard InChI is InChI=1S/C12H19NO4S/c1-8(14)13-10(11(15)16)9-2-4-17-12(6-9)3-5-18-7-12/h9-10H,2-7H2,1H3,(H,13,14)(H,15,16). The third-order valence-corrected chi connectivity index (χ3v) is 4.92. The zero-order chi connectivity index (χ0) is 13.2. The SMILES string of the molecule is CC(=O)NC(C(=O)O)C1CCOC2(CCSC2)C1. The highest BCUT2D eigenvalue weighted by Gasteiger charge is 2.44. The molecule has 5 nitrogen and oxygen atoms in total. The topological polar surface area (TPSA) is 75.6 Å². The van der Waals surface area contributed by atoms with Crippen LogP contribution in [0.15, 0.2) is 0 Å². The minimum absolute atomic E-state index is 0.0288. The lowest BCUT2D eigenvalue weighted by atomic mass is 9.81. The van der Waals surface area contributed by atoms with E-state index in [-0.39, 0.29) is 17.4 Å². The fourth-order valence-electron chi connectivity index (χ4n) is 2.81. The number of aliphatic carboxylic acids is 1. The first-order valence-electron chi connectivity index (χ1n) is 6.24. The van der Waals surface area contributed by atoms with Crippen LogP contribution in [-0.2, 0) is 14.3 Å². The van der Waals surface area contributed by atoms with Gasteiger partial charge < -0.3 is 15.2 Å². The number of thioether (sulfide) groups is 1. The Bertz CT molecular complexity index is 341. The molecule has 3 atom stereocenters. The summed E-state index contributed by atoms with van der Waals surface area (Å²) >= 11 is 1.86. The minimum atomic E-state index is -0.946. The smallest absolute Gasteiger partial charge is 0.326 e. The van der Waals surface area contributed by atoms with Crippen LogP contribution < -0.4 is 5.32 Å². The average Bonchev–Trinajstić information content (AvgIpc) is 2.73. The molecular formula is C12H19NO4S. The predicted molar refractivity (Wildman–Crippen MR) is 68.6 cm³/mol. The molecule has 2 saturated heterocycles. The molecular weight excluding hydrogens is 254 g/mol. The molecule has 1 amide bonds. The zero-order valence-corrected chi connectivity index (χ0v) is 11.3. The van der Waals surface area contributed by atoms with Crippen molar-refractivity contribution in [3.8, 4) is 0 Å². The number of carboxylic acid groups (broad SMARTS) is 1. The van der Waals surface area contributed by atoms with Crippen LogP contribution in [-0.4, -0.2) is 46.7 Å². The van der Waals surface area contributed by atoms with Crippen molar-refractivity contribution in [2.75, 3.05) is 18.1 Å². The summed E-state index contributed by atoms with van der Waals surface area (Å²) in [4.78, 5) is 22.4. The lowest BCUT2D eigenvalue weighted by Gasteiger charge is -2.39. The van der Waals surface area contributed by atoms with E-state index in [1.54, 1.807) is 0 Å². The van der Waals surface area contributed by atoms with Crippen molar-refractivity contribution in [2.45, 2.75) is 37.8 Å². The van der Waals surface area contributed by atoms with Crippen molar-refractivity contribution in [1.29, 1.82) is 0 Å². The van der Waals surface area contributed by atoms with E-state index < -0.39 is 12.0 Å². The van der Waals surface area contributed by atoms with Gasteiger partial charge in [0.05, 0.1) is 5.60 Å². The van der Waals surface area contributed by atoms with E-state index in [1.165, 1.54) is 6.92 Å². The number of hydrogen-bond donors (Lipinski definition) is 2. The molecule has 0 aromatic carbocycles. The summed E-state index contributed by atoms with van der Waals surface area (Å²) < 4.78 is 5.87. The van der Waals surface area contributed by atoms with Gasteiger partial charge in [0.25, 0.3) is 0 Å². The molecule has 2 fully saturated rings. The van der Waals surface area contributed by atoms with Crippen LogP contribution in [0.4, 0.5) is 0 Å². The van der Waals surface area contributed by atoms with Gasteiger partial charge in [0.2, 0.25) is 5.91 Å². The van der Waals surface area contributed by atoms with Crippen molar-refractivity contribution in [3.63, 3.8) is 0 Å². The number of carbonyl (C=O) groups is 2. The Morgan fingerprint density at radius 1 is 1.56 bits per heavy atom. The number of rotatable bonds is 3. The van der Waals surface area contributed by atoms with E-state index in [1.807, 2.05) is 11.8 Å². The van der Waals surface area contributed by atoms with Crippen LogP contribution in [0.5, 0.6) is 0 Å². The Labute approximate surface area is 111 Å². The number of nitrogens with one attached hydrogen (secondary N) is 1. The highest BCUT2D eigenvalue weighted by molar-refractivity contribution is 7.99. The van der Waals surface area contributed by atoms with E-state index in [4.69, 9.17) is 4.74 Å². The number of carbonyl (C=O) groups excluding carboxylic acids is 1. The number of ether oxygens (including phenoxy) is 1. The normalized spacial score (nSPS) is 33.3. The quantitative estimate of drug-likeness (QED) is 0.798. The summed E-state index contributed by atoms with van der Waals surface area (Å²) in [7, 11) is 0. The van der Waals surface area contributed by atoms with Crippen LogP contribution in [0.25, 0.3) is 0 Å². The Kier molecular flexibility index (Phi) is 4.17. The highest BCUT2D eigenvalue weighted by Crippen LogP contribution is 2.41. The Morgan fingerprint density at radius 3 is 2.89 bits per heavy atom. The van der Waals surface area contributed by atoms with Crippen LogP contribution in [0.3, 0.4) is 0 Å². The Balaban J connectivity index is 2.05. The molecule has 0 saturated carbocycles. The van der Waals surface area contributed by atoms with Gasteiger partial charge in [-0.15, -0.1) is 0 Å². The molecule has 2 aliphatic heterocycles. The largest absolute Gasteiger partial charge is 0.480 e. The van der Waals surface area contributed by atoms with E-state index >= 15 is 0 Å². The molecule has 2 rings (SSSR count). The van der Waals surface area contributed by atoms with Gasteiger partial charge in [-0.05, 0) is 30.9 Å². The molecule has 2 aliphatic rings. The van der Waals surface area contributed by atoms with E-state index in [2.05, 4.69) is 5.32 Å². The van der Waals surface area contributed by atoms with Crippen molar-refractivity contribution in [2.24, 2.45) is 5.92 Å². The van der Waals surface area contributed by atoms with Crippen molar-refractivity contribution >= 4 is 23.6 Å². The van der Waals surface area contributed by atoms with Gasteiger partial charge in [0.1, 0.15) is 6.04 Å². The van der Waals surface area contributed by atoms with Crippen molar-refractivity contribution in [3.05, 3.63) is 0 Å². The lowest BCUT2D eigenvalue weighted by Crippen LogP contribution is -2.51. The molecule has 0 aliphatic carbocycles. The van der Waals surface area contributed by atoms with Crippen LogP contribution in [0, 0.1) is 5.92 Å². The van der Waals surface area contributed by atoms with Gasteiger partial charge in [-0.3, -0.25) is 4.79 Å². The summed E-state index contributed by atoms with van der Waals surface area (Å²) in [6.45, 7) is 1.95. The zero-order valence-electron chi connectivity index (χ0n) is 10.5. The monoisotopic (exact) mass is 273 g/mol. The fourth-order valence-corrected chi connectivity index (χ4v) is 4.19. The maximum Gasteiger partial charge on any atom is 0.326 e. The number of hydrogen-bond acceptors (Lipinski definition) is 4. The first-order chi connectivity index (χ1) is 8.52. The molecule has 102 valence electrons. The van der Waals surface area contributed by atoms with Crippen LogP contribution >= 0.6 is 11.8 Å². The molecule has 3 unspecified atom stereocenters. The van der Waals surface area contributed by atoms with Crippen LogP contribution in [0.1, 0.15) is 26.2 Å². The molecule has 2 heterocycles. The summed E-state index contributed by atoms with van der Waals surface area (Å²) in [5.41, 5.74) is -0.153. The molecule has 2 N–H and O–H groups in total. The summed E-state index contributed by atoms with van der Waals surface area (Å²) in [6.07, 6.45) is 2.42. The second-order valence-electron chi connectivity index (χ2n) is 5.10. The third kappa shape index (κ3) is 2.98. The molecule has 0 aromatic heterocycles. The van der Waals surface area contributed by atoms with Crippen LogP contribution in [0.2, 0.25) is 0 Å². The van der Waals surface area contributed by atoms with Gasteiger partial charge in [-0.25, -0.2) is 4.79 Å². The third-order valence-electron chi connectivity index (χ3n) is 3.69. The average molecular weight is 273 g/mol. The molecule has 0 aromatic rings. The second kappa shape index (κ2) is 5.48. The Morgan fingerprint density at radius 2 is 2.33 bits per heavy atom. The van der Waals surface area contributed by atoms with Gasteiger partial charge in [-0.2, -0.15) is 11.8 Å². The number of carboxylic acids is 1. The first-order valence-corrected chi connectivity index (χ1v) is 7.39. The van der Waals surface area contributed by atoms with Crippen molar-refractivity contribution < 1.29 is 19.4 Å². The summed E-state index contributed by atoms with van der Waals surface area (Å²) in [5.74, 6) is 0.751. The van der Waals surface area contributed by atoms with Gasteiger partial charge in [0.15, 0.2) is 0 Å². The minimum Gasteiger partial charge on any atom is -0.480 e. The van der Waals surface area contributed by atoms with Gasteiger partial charge >= 0.3 is 5.97 Å². The maximum atomic E-state index is 11.3. The van der Waals surface area contributed by atoms with Gasteiger partial charge in [-0.1, -0.05) is 0 Å². The second-order valence-corrected chi connectivity index (χ2v) is 6.21. The summed E-state index contributed by atoms with van der Waals surface area (Å²) in [6, 6.07) is -0.783. The van der Waals surface area contributed by atoms with Crippen molar-refractivity contribution in [1.82, 2.24) is 5.32 Å². The molecule has 0 bridgehead atoms. The predicted octanol–water partition coefficient (Wildman–Crippen LogP) is 0.878. The van der Waals surface area contributed by atoms with E-state index in [0.717, 1.165) is 24.3 Å². The fraction of sp³-hybridized carbons (Fsp3) is 0.833. The molecule has 6 heteroatoms. The van der Waals surface area contributed by atoms with E-state index in [0.29, 0.717) is 13.0 Å². The van der Waals surface area contributed by atoms with Gasteiger partial charge in [0, 0.05) is 19.3 Å². The summed E-state index contributed by atoms with van der Waals surface area (Å²) in [5, 5.41) is 11.8.